The smallest absolute Gasteiger partial charge is 0.173 e. The Morgan fingerprint density at radius 1 is 1.22 bits per heavy atom. The summed E-state index contributed by atoms with van der Waals surface area (Å²) >= 11 is 0. The first-order valence-corrected chi connectivity index (χ1v) is 6.03. The van der Waals surface area contributed by atoms with Gasteiger partial charge in [-0.05, 0) is 24.5 Å². The van der Waals surface area contributed by atoms with E-state index in [1.807, 2.05) is 31.2 Å². The Morgan fingerprint density at radius 3 is 2.56 bits per heavy atom. The van der Waals surface area contributed by atoms with Crippen molar-refractivity contribution in [2.75, 3.05) is 0 Å². The third-order valence-corrected chi connectivity index (χ3v) is 2.68. The first-order chi connectivity index (χ1) is 8.70. The fourth-order valence-electron chi connectivity index (χ4n) is 1.75. The van der Waals surface area contributed by atoms with Gasteiger partial charge < -0.3 is 5.41 Å². The fraction of sp³-hybridized carbons (Fsp3) is 0.200. The Labute approximate surface area is 107 Å². The molecule has 91 valence electrons. The minimum atomic E-state index is 0.495. The molecule has 18 heavy (non-hydrogen) atoms. The molecule has 0 amide bonds. The molecular weight excluding hydrogens is 222 g/mol. The molecule has 0 aliphatic heterocycles. The van der Waals surface area contributed by atoms with Crippen molar-refractivity contribution in [3.63, 3.8) is 0 Å². The largest absolute Gasteiger partial charge is 0.301 e. The number of nitrogens with one attached hydrogen (secondary N) is 1. The van der Waals surface area contributed by atoms with E-state index < -0.39 is 0 Å². The maximum atomic E-state index is 7.80. The minimum Gasteiger partial charge on any atom is -0.301 e. The zero-order valence-corrected chi connectivity index (χ0v) is 10.5. The van der Waals surface area contributed by atoms with Crippen molar-refractivity contribution in [2.45, 2.75) is 19.8 Å². The molecule has 0 bridgehead atoms. The summed E-state index contributed by atoms with van der Waals surface area (Å²) in [6.45, 7) is 5.95. The summed E-state index contributed by atoms with van der Waals surface area (Å²) in [5.41, 5.74) is 3.47. The van der Waals surface area contributed by atoms with Gasteiger partial charge in [-0.1, -0.05) is 37.6 Å². The maximum absolute atomic E-state index is 7.80. The van der Waals surface area contributed by atoms with Gasteiger partial charge >= 0.3 is 0 Å². The average molecular weight is 238 g/mol. The normalized spacial score (nSPS) is 10.3. The van der Waals surface area contributed by atoms with Crippen LogP contribution in [0.25, 0.3) is 11.1 Å². The van der Waals surface area contributed by atoms with Crippen LogP contribution in [0, 0.1) is 12.3 Å². The topological polar surface area (TPSA) is 49.6 Å². The van der Waals surface area contributed by atoms with E-state index in [4.69, 9.17) is 5.41 Å². The zero-order valence-electron chi connectivity index (χ0n) is 10.5. The standard InChI is InChI=1S/C15H16N3/c1-3-5-14(16)15-17-9-13(10-18-15)12-7-4-6-11(2)8-12/h4,6-10,16H,2-3,5H2,1H3. The van der Waals surface area contributed by atoms with Gasteiger partial charge in [0, 0.05) is 18.0 Å². The van der Waals surface area contributed by atoms with Crippen LogP contribution in [0.1, 0.15) is 31.2 Å². The molecule has 1 aromatic heterocycles. The molecule has 0 atom stereocenters. The lowest BCUT2D eigenvalue weighted by Crippen LogP contribution is -2.04. The van der Waals surface area contributed by atoms with Gasteiger partial charge in [0.1, 0.15) is 0 Å². The quantitative estimate of drug-likeness (QED) is 0.829. The van der Waals surface area contributed by atoms with E-state index in [0.717, 1.165) is 23.1 Å². The van der Waals surface area contributed by atoms with Gasteiger partial charge in [-0.3, -0.25) is 0 Å². The molecule has 1 aromatic carbocycles. The van der Waals surface area contributed by atoms with Crippen LogP contribution in [0.15, 0.2) is 36.7 Å². The van der Waals surface area contributed by atoms with Crippen molar-refractivity contribution in [1.82, 2.24) is 9.97 Å². The number of hydrogen-bond acceptors (Lipinski definition) is 3. The number of aromatic nitrogens is 2. The average Bonchev–Trinajstić information content (AvgIpc) is 2.39. The molecule has 0 saturated heterocycles. The molecule has 0 unspecified atom stereocenters. The van der Waals surface area contributed by atoms with Gasteiger partial charge in [-0.25, -0.2) is 9.97 Å². The Balaban J connectivity index is 2.25. The summed E-state index contributed by atoms with van der Waals surface area (Å²) in [6.07, 6.45) is 5.18. The van der Waals surface area contributed by atoms with E-state index in [0.29, 0.717) is 18.0 Å². The Bertz CT molecular complexity index is 544. The summed E-state index contributed by atoms with van der Waals surface area (Å²) in [7, 11) is 0. The Morgan fingerprint density at radius 2 is 1.94 bits per heavy atom. The van der Waals surface area contributed by atoms with Crippen molar-refractivity contribution in [2.24, 2.45) is 0 Å². The molecular formula is C15H16N3. The van der Waals surface area contributed by atoms with Crippen molar-refractivity contribution in [1.29, 1.82) is 5.41 Å². The molecule has 0 aliphatic carbocycles. The van der Waals surface area contributed by atoms with Gasteiger partial charge in [0.15, 0.2) is 5.82 Å². The van der Waals surface area contributed by atoms with Crippen LogP contribution in [0.5, 0.6) is 0 Å². The SMILES string of the molecule is [CH2]c1cccc(-c2cnc(C(=N)CCC)nc2)c1. The van der Waals surface area contributed by atoms with Crippen LogP contribution < -0.4 is 0 Å². The summed E-state index contributed by atoms with van der Waals surface area (Å²) < 4.78 is 0. The predicted octanol–water partition coefficient (Wildman–Crippen LogP) is 3.49. The molecule has 1 radical (unpaired) electrons. The van der Waals surface area contributed by atoms with E-state index in [-0.39, 0.29) is 0 Å². The molecule has 0 fully saturated rings. The van der Waals surface area contributed by atoms with Crippen molar-refractivity contribution in [3.05, 3.63) is 55.0 Å². The van der Waals surface area contributed by atoms with Crippen molar-refractivity contribution in [3.8, 4) is 11.1 Å². The van der Waals surface area contributed by atoms with Gasteiger partial charge in [0.2, 0.25) is 0 Å². The summed E-state index contributed by atoms with van der Waals surface area (Å²) in [5, 5.41) is 7.80. The number of hydrogen-bond donors (Lipinski definition) is 1. The highest BCUT2D eigenvalue weighted by Gasteiger charge is 2.05. The lowest BCUT2D eigenvalue weighted by molar-refractivity contribution is 0.966. The van der Waals surface area contributed by atoms with Crippen LogP contribution >= 0.6 is 0 Å². The lowest BCUT2D eigenvalue weighted by atomic mass is 10.1. The molecule has 1 N–H and O–H groups in total. The van der Waals surface area contributed by atoms with E-state index in [2.05, 4.69) is 16.9 Å². The zero-order chi connectivity index (χ0) is 13.0. The molecule has 1 heterocycles. The first-order valence-electron chi connectivity index (χ1n) is 6.03. The molecule has 3 heteroatoms. The fourth-order valence-corrected chi connectivity index (χ4v) is 1.75. The second kappa shape index (κ2) is 5.54. The van der Waals surface area contributed by atoms with E-state index in [1.165, 1.54) is 0 Å². The summed E-state index contributed by atoms with van der Waals surface area (Å²) in [5.74, 6) is 0.520. The summed E-state index contributed by atoms with van der Waals surface area (Å²) in [6, 6.07) is 7.92. The summed E-state index contributed by atoms with van der Waals surface area (Å²) in [4.78, 5) is 8.49. The van der Waals surface area contributed by atoms with Crippen LogP contribution in [0.2, 0.25) is 0 Å². The second-order valence-electron chi connectivity index (χ2n) is 4.22. The van der Waals surface area contributed by atoms with Gasteiger partial charge in [0.25, 0.3) is 0 Å². The highest BCUT2D eigenvalue weighted by molar-refractivity contribution is 5.94. The monoisotopic (exact) mass is 238 g/mol. The van der Waals surface area contributed by atoms with Crippen molar-refractivity contribution >= 4 is 5.71 Å². The van der Waals surface area contributed by atoms with Gasteiger partial charge in [0.05, 0.1) is 5.71 Å². The van der Waals surface area contributed by atoms with Crippen LogP contribution in [-0.4, -0.2) is 15.7 Å². The van der Waals surface area contributed by atoms with E-state index in [9.17, 15) is 0 Å². The highest BCUT2D eigenvalue weighted by atomic mass is 14.9. The lowest BCUT2D eigenvalue weighted by Gasteiger charge is -2.04. The molecule has 2 aromatic rings. The molecule has 3 nitrogen and oxygen atoms in total. The molecule has 2 rings (SSSR count). The number of benzene rings is 1. The highest BCUT2D eigenvalue weighted by Crippen LogP contribution is 2.18. The number of rotatable bonds is 4. The molecule has 0 spiro atoms. The van der Waals surface area contributed by atoms with E-state index >= 15 is 0 Å². The second-order valence-corrected chi connectivity index (χ2v) is 4.22. The van der Waals surface area contributed by atoms with Gasteiger partial charge in [-0.15, -0.1) is 0 Å². The Hall–Kier alpha value is -2.03. The molecule has 0 aliphatic rings. The van der Waals surface area contributed by atoms with Gasteiger partial charge in [-0.2, -0.15) is 0 Å². The number of nitrogens with zero attached hydrogens (tertiary/aromatic N) is 2. The first kappa shape index (κ1) is 12.4. The van der Waals surface area contributed by atoms with Crippen molar-refractivity contribution < 1.29 is 0 Å². The van der Waals surface area contributed by atoms with Crippen LogP contribution in [0.4, 0.5) is 0 Å². The molecule has 0 saturated carbocycles. The Kier molecular flexibility index (Phi) is 3.82. The predicted molar refractivity (Wildman–Crippen MR) is 73.7 cm³/mol. The van der Waals surface area contributed by atoms with E-state index in [1.54, 1.807) is 12.4 Å². The third-order valence-electron chi connectivity index (χ3n) is 2.68. The third kappa shape index (κ3) is 2.80. The maximum Gasteiger partial charge on any atom is 0.173 e. The minimum absolute atomic E-state index is 0.495. The van der Waals surface area contributed by atoms with Crippen LogP contribution in [0.3, 0.4) is 0 Å². The van der Waals surface area contributed by atoms with Crippen LogP contribution in [-0.2, 0) is 0 Å².